The maximum atomic E-state index is 12.7. The maximum absolute atomic E-state index is 12.7. The summed E-state index contributed by atoms with van der Waals surface area (Å²) in [4.78, 5) is 12.2. The molecule has 0 radical (unpaired) electrons. The average Bonchev–Trinajstić information content (AvgIpc) is 2.65. The van der Waals surface area contributed by atoms with Gasteiger partial charge in [0.15, 0.2) is 0 Å². The molecule has 0 fully saturated rings. The monoisotopic (exact) mass is 361 g/mol. The molecule has 2 aromatic rings. The number of hydrogen-bond donors (Lipinski definition) is 2. The third kappa shape index (κ3) is 4.80. The number of rotatable bonds is 8. The zero-order chi connectivity index (χ0) is 18.3. The van der Waals surface area contributed by atoms with Crippen molar-refractivity contribution in [3.8, 4) is 0 Å². The molecular formula is C18H23N3O3S. The Balaban J connectivity index is 2.09. The number of nitrogens with one attached hydrogen (secondary N) is 2. The third-order valence-corrected chi connectivity index (χ3v) is 5.53. The minimum atomic E-state index is -3.67. The van der Waals surface area contributed by atoms with E-state index in [0.717, 1.165) is 6.54 Å². The van der Waals surface area contributed by atoms with Gasteiger partial charge < -0.3 is 10.6 Å². The van der Waals surface area contributed by atoms with Gasteiger partial charge in [-0.25, -0.2) is 8.42 Å². The quantitative estimate of drug-likeness (QED) is 0.704. The van der Waals surface area contributed by atoms with Gasteiger partial charge in [0.1, 0.15) is 0 Å². The lowest BCUT2D eigenvalue weighted by Crippen LogP contribution is -2.31. The van der Waals surface area contributed by atoms with Gasteiger partial charge in [0.2, 0.25) is 0 Å². The van der Waals surface area contributed by atoms with Gasteiger partial charge in [0, 0.05) is 25.7 Å². The highest BCUT2D eigenvalue weighted by atomic mass is 32.2. The number of para-hydroxylation sites is 1. The fourth-order valence-corrected chi connectivity index (χ4v) is 3.45. The van der Waals surface area contributed by atoms with Gasteiger partial charge in [-0.15, -0.1) is 0 Å². The number of likely N-dealkylation sites (N-methyl/N-ethyl adjacent to an activating group) is 1. The average molecular weight is 361 g/mol. The molecule has 0 atom stereocenters. The zero-order valence-corrected chi connectivity index (χ0v) is 15.2. The fourth-order valence-electron chi connectivity index (χ4n) is 2.26. The number of amides is 1. The summed E-state index contributed by atoms with van der Waals surface area (Å²) in [5.41, 5.74) is 1.01. The first-order valence-electron chi connectivity index (χ1n) is 8.09. The van der Waals surface area contributed by atoms with Crippen LogP contribution >= 0.6 is 0 Å². The van der Waals surface area contributed by atoms with Crippen molar-refractivity contribution in [2.45, 2.75) is 11.8 Å². The van der Waals surface area contributed by atoms with Crippen LogP contribution in [0.25, 0.3) is 0 Å². The summed E-state index contributed by atoms with van der Waals surface area (Å²) in [5.74, 6) is -0.224. The first kappa shape index (κ1) is 19.0. The standard InChI is InChI=1S/C18H23N3O3S/c1-3-19-13-14-20-18(22)15-9-11-17(12-10-15)25(23,24)21(2)16-7-5-4-6-8-16/h4-12,19H,3,13-14H2,1-2H3,(H,20,22). The van der Waals surface area contributed by atoms with Crippen molar-refractivity contribution in [3.05, 3.63) is 60.2 Å². The molecule has 7 heteroatoms. The fraction of sp³-hybridized carbons (Fsp3) is 0.278. The topological polar surface area (TPSA) is 78.5 Å². The molecule has 0 unspecified atom stereocenters. The molecule has 0 bridgehead atoms. The van der Waals surface area contributed by atoms with Crippen molar-refractivity contribution in [3.63, 3.8) is 0 Å². The molecule has 2 aromatic carbocycles. The lowest BCUT2D eigenvalue weighted by molar-refractivity contribution is 0.0954. The van der Waals surface area contributed by atoms with Gasteiger partial charge in [-0.3, -0.25) is 9.10 Å². The van der Waals surface area contributed by atoms with E-state index in [1.54, 1.807) is 24.3 Å². The minimum Gasteiger partial charge on any atom is -0.351 e. The SMILES string of the molecule is CCNCCNC(=O)c1ccc(S(=O)(=O)N(C)c2ccccc2)cc1. The van der Waals surface area contributed by atoms with Crippen LogP contribution in [0.4, 0.5) is 5.69 Å². The lowest BCUT2D eigenvalue weighted by atomic mass is 10.2. The van der Waals surface area contributed by atoms with Gasteiger partial charge in [-0.1, -0.05) is 25.1 Å². The Morgan fingerprint density at radius 1 is 1.00 bits per heavy atom. The van der Waals surface area contributed by atoms with E-state index >= 15 is 0 Å². The van der Waals surface area contributed by atoms with Crippen molar-refractivity contribution in [1.29, 1.82) is 0 Å². The molecule has 0 aliphatic rings. The second kappa shape index (κ2) is 8.64. The zero-order valence-electron chi connectivity index (χ0n) is 14.4. The molecule has 0 heterocycles. The minimum absolute atomic E-state index is 0.142. The van der Waals surface area contributed by atoms with Crippen LogP contribution in [0, 0.1) is 0 Å². The predicted molar refractivity (Wildman–Crippen MR) is 99.3 cm³/mol. The Morgan fingerprint density at radius 2 is 1.64 bits per heavy atom. The normalized spacial score (nSPS) is 11.1. The Labute approximate surface area is 148 Å². The smallest absolute Gasteiger partial charge is 0.264 e. The van der Waals surface area contributed by atoms with E-state index in [1.165, 1.54) is 35.6 Å². The first-order chi connectivity index (χ1) is 12.0. The van der Waals surface area contributed by atoms with Crippen LogP contribution in [-0.2, 0) is 10.0 Å². The summed E-state index contributed by atoms with van der Waals surface area (Å²) in [6.45, 7) is 4.05. The number of anilines is 1. The molecule has 2 N–H and O–H groups in total. The maximum Gasteiger partial charge on any atom is 0.264 e. The van der Waals surface area contributed by atoms with Crippen LogP contribution in [-0.4, -0.2) is 41.0 Å². The number of carbonyl (C=O) groups is 1. The molecule has 0 aliphatic heterocycles. The van der Waals surface area contributed by atoms with Gasteiger partial charge in [0.05, 0.1) is 10.6 Å². The number of carbonyl (C=O) groups excluding carboxylic acids is 1. The molecular weight excluding hydrogens is 338 g/mol. The summed E-state index contributed by atoms with van der Waals surface area (Å²) in [5, 5.41) is 5.89. The van der Waals surface area contributed by atoms with Crippen molar-refractivity contribution >= 4 is 21.6 Å². The van der Waals surface area contributed by atoms with E-state index < -0.39 is 10.0 Å². The lowest BCUT2D eigenvalue weighted by Gasteiger charge is -2.19. The van der Waals surface area contributed by atoms with Crippen molar-refractivity contribution in [2.75, 3.05) is 31.0 Å². The first-order valence-corrected chi connectivity index (χ1v) is 9.53. The van der Waals surface area contributed by atoms with Crippen LogP contribution in [0.5, 0.6) is 0 Å². The van der Waals surface area contributed by atoms with Crippen LogP contribution in [0.2, 0.25) is 0 Å². The summed E-state index contributed by atoms with van der Waals surface area (Å²) in [6, 6.07) is 14.8. The second-order valence-electron chi connectivity index (χ2n) is 5.44. The molecule has 134 valence electrons. The van der Waals surface area contributed by atoms with Crippen LogP contribution in [0.15, 0.2) is 59.5 Å². The van der Waals surface area contributed by atoms with E-state index in [4.69, 9.17) is 0 Å². The number of benzene rings is 2. The molecule has 6 nitrogen and oxygen atoms in total. The van der Waals surface area contributed by atoms with E-state index in [1.807, 2.05) is 13.0 Å². The van der Waals surface area contributed by atoms with E-state index in [2.05, 4.69) is 10.6 Å². The molecule has 0 aromatic heterocycles. The summed E-state index contributed by atoms with van der Waals surface area (Å²) in [7, 11) is -2.16. The summed E-state index contributed by atoms with van der Waals surface area (Å²) in [6.07, 6.45) is 0. The molecule has 0 spiro atoms. The van der Waals surface area contributed by atoms with Crippen LogP contribution in [0.1, 0.15) is 17.3 Å². The molecule has 0 saturated heterocycles. The Bertz CT molecular complexity index is 790. The van der Waals surface area contributed by atoms with Gasteiger partial charge in [-0.05, 0) is 42.9 Å². The Hall–Kier alpha value is -2.38. The molecule has 0 aliphatic carbocycles. The van der Waals surface area contributed by atoms with E-state index in [0.29, 0.717) is 24.3 Å². The Kier molecular flexibility index (Phi) is 6.55. The van der Waals surface area contributed by atoms with Crippen molar-refractivity contribution in [2.24, 2.45) is 0 Å². The van der Waals surface area contributed by atoms with E-state index in [9.17, 15) is 13.2 Å². The van der Waals surface area contributed by atoms with Gasteiger partial charge in [-0.2, -0.15) is 0 Å². The number of sulfonamides is 1. The highest BCUT2D eigenvalue weighted by Crippen LogP contribution is 2.21. The predicted octanol–water partition coefficient (Wildman–Crippen LogP) is 1.85. The molecule has 1 amide bonds. The molecule has 2 rings (SSSR count). The Morgan fingerprint density at radius 3 is 2.24 bits per heavy atom. The molecule has 25 heavy (non-hydrogen) atoms. The highest BCUT2D eigenvalue weighted by molar-refractivity contribution is 7.92. The van der Waals surface area contributed by atoms with Crippen molar-refractivity contribution < 1.29 is 13.2 Å². The second-order valence-corrected chi connectivity index (χ2v) is 7.41. The van der Waals surface area contributed by atoms with Gasteiger partial charge in [0.25, 0.3) is 15.9 Å². The molecule has 0 saturated carbocycles. The van der Waals surface area contributed by atoms with E-state index in [-0.39, 0.29) is 10.8 Å². The summed E-state index contributed by atoms with van der Waals surface area (Å²) < 4.78 is 26.6. The van der Waals surface area contributed by atoms with Crippen LogP contribution in [0.3, 0.4) is 0 Å². The largest absolute Gasteiger partial charge is 0.351 e. The van der Waals surface area contributed by atoms with Gasteiger partial charge >= 0.3 is 0 Å². The highest BCUT2D eigenvalue weighted by Gasteiger charge is 2.21. The summed E-state index contributed by atoms with van der Waals surface area (Å²) >= 11 is 0. The number of nitrogens with zero attached hydrogens (tertiary/aromatic N) is 1. The van der Waals surface area contributed by atoms with Crippen molar-refractivity contribution in [1.82, 2.24) is 10.6 Å². The van der Waals surface area contributed by atoms with Crippen LogP contribution < -0.4 is 14.9 Å². The number of hydrogen-bond acceptors (Lipinski definition) is 4. The third-order valence-electron chi connectivity index (χ3n) is 3.73.